The monoisotopic (exact) mass is 261 g/mol. The summed E-state index contributed by atoms with van der Waals surface area (Å²) < 4.78 is 0. The molecule has 0 aromatic heterocycles. The largest absolute Gasteiger partial charge is 0.373 e. The maximum atomic E-state index is 7.06. The van der Waals surface area contributed by atoms with Crippen molar-refractivity contribution in [2.45, 2.75) is 0 Å². The highest BCUT2D eigenvalue weighted by Crippen LogP contribution is 2.20. The molecule has 0 aliphatic carbocycles. The SMILES string of the molecule is CN1CCN(CCN(C)c2cccc(N=N)c2)CC1. The number of hydrogen-bond donors (Lipinski definition) is 1. The first kappa shape index (κ1) is 14.0. The minimum absolute atomic E-state index is 0.712. The van der Waals surface area contributed by atoms with Gasteiger partial charge in [0.15, 0.2) is 0 Å². The van der Waals surface area contributed by atoms with Gasteiger partial charge in [-0.05, 0) is 25.2 Å². The van der Waals surface area contributed by atoms with Gasteiger partial charge >= 0.3 is 0 Å². The second kappa shape index (κ2) is 6.63. The van der Waals surface area contributed by atoms with Crippen LogP contribution in [-0.4, -0.2) is 63.2 Å². The van der Waals surface area contributed by atoms with E-state index in [1.807, 2.05) is 18.2 Å². The summed E-state index contributed by atoms with van der Waals surface area (Å²) in [6.45, 7) is 6.74. The Kier molecular flexibility index (Phi) is 4.87. The number of hydrogen-bond acceptors (Lipinski definition) is 5. The van der Waals surface area contributed by atoms with Gasteiger partial charge in [0.2, 0.25) is 0 Å². The molecule has 0 saturated carbocycles. The molecule has 104 valence electrons. The number of nitrogens with one attached hydrogen (secondary N) is 1. The van der Waals surface area contributed by atoms with Gasteiger partial charge in [-0.1, -0.05) is 6.07 Å². The number of piperazine rings is 1. The highest BCUT2D eigenvalue weighted by Gasteiger charge is 2.13. The molecule has 2 rings (SSSR count). The lowest BCUT2D eigenvalue weighted by Gasteiger charge is -2.33. The summed E-state index contributed by atoms with van der Waals surface area (Å²) in [7, 11) is 4.28. The van der Waals surface area contributed by atoms with Crippen LogP contribution in [0.4, 0.5) is 11.4 Å². The van der Waals surface area contributed by atoms with Gasteiger partial charge in [-0.25, -0.2) is 5.53 Å². The summed E-state index contributed by atoms with van der Waals surface area (Å²) in [5, 5.41) is 3.48. The third kappa shape index (κ3) is 4.01. The van der Waals surface area contributed by atoms with Gasteiger partial charge in [-0.3, -0.25) is 4.90 Å². The zero-order valence-corrected chi connectivity index (χ0v) is 11.8. The lowest BCUT2D eigenvalue weighted by molar-refractivity contribution is 0.157. The highest BCUT2D eigenvalue weighted by atomic mass is 15.3. The number of benzene rings is 1. The molecule has 0 atom stereocenters. The molecule has 1 N–H and O–H groups in total. The highest BCUT2D eigenvalue weighted by molar-refractivity contribution is 5.54. The van der Waals surface area contributed by atoms with E-state index in [1.165, 1.54) is 0 Å². The minimum Gasteiger partial charge on any atom is -0.373 e. The molecule has 19 heavy (non-hydrogen) atoms. The van der Waals surface area contributed by atoms with Crippen molar-refractivity contribution < 1.29 is 0 Å². The quantitative estimate of drug-likeness (QED) is 0.825. The third-order valence-electron chi connectivity index (χ3n) is 3.75. The van der Waals surface area contributed by atoms with Crippen LogP contribution in [0.25, 0.3) is 0 Å². The van der Waals surface area contributed by atoms with Crippen LogP contribution in [0, 0.1) is 5.53 Å². The van der Waals surface area contributed by atoms with Gasteiger partial charge in [-0.15, -0.1) is 0 Å². The van der Waals surface area contributed by atoms with Crippen LogP contribution in [0.3, 0.4) is 0 Å². The van der Waals surface area contributed by atoms with Gasteiger partial charge in [0.25, 0.3) is 0 Å². The average Bonchev–Trinajstić information content (AvgIpc) is 2.46. The molecule has 5 heteroatoms. The predicted molar refractivity (Wildman–Crippen MR) is 78.5 cm³/mol. The second-order valence-electron chi connectivity index (χ2n) is 5.20. The van der Waals surface area contributed by atoms with Gasteiger partial charge in [0.05, 0.1) is 5.69 Å². The Morgan fingerprint density at radius 3 is 2.68 bits per heavy atom. The van der Waals surface area contributed by atoms with Crippen LogP contribution in [-0.2, 0) is 0 Å². The van der Waals surface area contributed by atoms with Crippen LogP contribution in [0.5, 0.6) is 0 Å². The van der Waals surface area contributed by atoms with Gasteiger partial charge in [-0.2, -0.15) is 5.11 Å². The summed E-state index contributed by atoms with van der Waals surface area (Å²) in [6, 6.07) is 7.83. The maximum Gasteiger partial charge on any atom is 0.0870 e. The average molecular weight is 261 g/mol. The molecular formula is C14H23N5. The molecule has 5 nitrogen and oxygen atoms in total. The molecule has 0 unspecified atom stereocenters. The van der Waals surface area contributed by atoms with E-state index in [9.17, 15) is 0 Å². The van der Waals surface area contributed by atoms with Crippen LogP contribution >= 0.6 is 0 Å². The second-order valence-corrected chi connectivity index (χ2v) is 5.20. The summed E-state index contributed by atoms with van der Waals surface area (Å²) in [5.74, 6) is 0. The molecule has 1 aliphatic heterocycles. The fourth-order valence-electron chi connectivity index (χ4n) is 2.29. The smallest absolute Gasteiger partial charge is 0.0870 e. The zero-order valence-electron chi connectivity index (χ0n) is 11.8. The molecule has 0 radical (unpaired) electrons. The molecule has 1 saturated heterocycles. The van der Waals surface area contributed by atoms with Crippen LogP contribution in [0.1, 0.15) is 0 Å². The minimum atomic E-state index is 0.712. The molecule has 0 amide bonds. The Morgan fingerprint density at radius 2 is 2.00 bits per heavy atom. The normalized spacial score (nSPS) is 17.4. The van der Waals surface area contributed by atoms with Gasteiger partial charge < -0.3 is 9.80 Å². The Hall–Kier alpha value is -1.46. The first-order valence-corrected chi connectivity index (χ1v) is 6.78. The van der Waals surface area contributed by atoms with Crippen molar-refractivity contribution in [3.8, 4) is 0 Å². The van der Waals surface area contributed by atoms with Crippen LogP contribution in [0.2, 0.25) is 0 Å². The lowest BCUT2D eigenvalue weighted by Crippen LogP contribution is -2.46. The van der Waals surface area contributed by atoms with Gasteiger partial charge in [0, 0.05) is 52.0 Å². The van der Waals surface area contributed by atoms with E-state index in [-0.39, 0.29) is 0 Å². The Morgan fingerprint density at radius 1 is 1.26 bits per heavy atom. The predicted octanol–water partition coefficient (Wildman–Crippen LogP) is 2.03. The van der Waals surface area contributed by atoms with Crippen molar-refractivity contribution in [3.05, 3.63) is 24.3 Å². The molecular weight excluding hydrogens is 238 g/mol. The van der Waals surface area contributed by atoms with Crippen molar-refractivity contribution in [2.24, 2.45) is 5.11 Å². The lowest BCUT2D eigenvalue weighted by atomic mass is 10.2. The number of rotatable bonds is 5. The number of likely N-dealkylation sites (N-methyl/N-ethyl adjacent to an activating group) is 2. The fraction of sp³-hybridized carbons (Fsp3) is 0.571. The van der Waals surface area contributed by atoms with Crippen LogP contribution in [0.15, 0.2) is 29.4 Å². The van der Waals surface area contributed by atoms with Crippen molar-refractivity contribution in [1.29, 1.82) is 5.53 Å². The zero-order chi connectivity index (χ0) is 13.7. The fourth-order valence-corrected chi connectivity index (χ4v) is 2.29. The van der Waals surface area contributed by atoms with Crippen molar-refractivity contribution >= 4 is 11.4 Å². The van der Waals surface area contributed by atoms with Crippen molar-refractivity contribution in [1.82, 2.24) is 9.80 Å². The standard InChI is InChI=1S/C14H23N5/c1-17-6-9-19(10-7-17)11-8-18(2)14-5-3-4-13(12-14)16-15/h3-5,12,15H,6-11H2,1-2H3. The van der Waals surface area contributed by atoms with Crippen molar-refractivity contribution in [2.75, 3.05) is 58.3 Å². The van der Waals surface area contributed by atoms with E-state index in [0.717, 1.165) is 45.0 Å². The van der Waals surface area contributed by atoms with Crippen LogP contribution < -0.4 is 4.90 Å². The molecule has 1 fully saturated rings. The summed E-state index contributed by atoms with van der Waals surface area (Å²) in [5.41, 5.74) is 8.90. The molecule has 1 aromatic rings. The van der Waals surface area contributed by atoms with E-state index >= 15 is 0 Å². The Bertz CT molecular complexity index is 412. The molecule has 0 bridgehead atoms. The molecule has 0 spiro atoms. The summed E-state index contributed by atoms with van der Waals surface area (Å²) >= 11 is 0. The Labute approximate surface area is 115 Å². The van der Waals surface area contributed by atoms with E-state index in [0.29, 0.717) is 5.69 Å². The summed E-state index contributed by atoms with van der Waals surface area (Å²) in [4.78, 5) is 7.11. The van der Waals surface area contributed by atoms with Gasteiger partial charge in [0.1, 0.15) is 0 Å². The number of anilines is 1. The van der Waals surface area contributed by atoms with Crippen molar-refractivity contribution in [3.63, 3.8) is 0 Å². The Balaban J connectivity index is 1.83. The van der Waals surface area contributed by atoms with E-state index in [2.05, 4.69) is 40.0 Å². The third-order valence-corrected chi connectivity index (χ3v) is 3.75. The maximum absolute atomic E-state index is 7.06. The van der Waals surface area contributed by atoms with E-state index in [4.69, 9.17) is 5.53 Å². The van der Waals surface area contributed by atoms with E-state index < -0.39 is 0 Å². The topological polar surface area (TPSA) is 45.9 Å². The molecule has 1 heterocycles. The van der Waals surface area contributed by atoms with E-state index in [1.54, 1.807) is 0 Å². The summed E-state index contributed by atoms with van der Waals surface area (Å²) in [6.07, 6.45) is 0. The first-order valence-electron chi connectivity index (χ1n) is 6.78. The number of nitrogens with zero attached hydrogens (tertiary/aromatic N) is 4. The molecule has 1 aromatic carbocycles. The molecule has 1 aliphatic rings. The first-order chi connectivity index (χ1) is 9.19.